The third-order valence-corrected chi connectivity index (χ3v) is 4.28. The molecule has 0 bridgehead atoms. The molecular formula is C17H24O3. The fraction of sp³-hybridized carbons (Fsp3) is 0.588. The molecule has 0 aromatic heterocycles. The van der Waals surface area contributed by atoms with Gasteiger partial charge in [0, 0.05) is 0 Å². The second-order valence-electron chi connectivity index (χ2n) is 6.31. The van der Waals surface area contributed by atoms with Crippen molar-refractivity contribution in [2.45, 2.75) is 52.4 Å². The zero-order valence-corrected chi connectivity index (χ0v) is 12.7. The summed E-state index contributed by atoms with van der Waals surface area (Å²) in [5.41, 5.74) is 3.03. The number of methoxy groups -OCH3 is 1. The lowest BCUT2D eigenvalue weighted by molar-refractivity contribution is -0.146. The maximum absolute atomic E-state index is 11.4. The van der Waals surface area contributed by atoms with Crippen LogP contribution in [0.5, 0.6) is 5.75 Å². The van der Waals surface area contributed by atoms with Crippen molar-refractivity contribution < 1.29 is 14.6 Å². The maximum Gasteiger partial charge on any atom is 0.309 e. The number of aliphatic carboxylic acids is 1. The smallest absolute Gasteiger partial charge is 0.309 e. The van der Waals surface area contributed by atoms with E-state index in [2.05, 4.69) is 6.07 Å². The maximum atomic E-state index is 11.4. The Labute approximate surface area is 121 Å². The molecule has 3 nitrogen and oxygen atoms in total. The first-order valence-corrected chi connectivity index (χ1v) is 7.37. The molecule has 0 atom stereocenters. The third-order valence-electron chi connectivity index (χ3n) is 4.28. The number of benzene rings is 1. The van der Waals surface area contributed by atoms with Gasteiger partial charge in [0.15, 0.2) is 0 Å². The first-order valence-electron chi connectivity index (χ1n) is 7.37. The fourth-order valence-corrected chi connectivity index (χ4v) is 2.96. The topological polar surface area (TPSA) is 46.5 Å². The number of carboxylic acid groups (broad SMARTS) is 1. The van der Waals surface area contributed by atoms with Gasteiger partial charge in [0.2, 0.25) is 0 Å². The number of rotatable bonds is 4. The second-order valence-corrected chi connectivity index (χ2v) is 6.31. The Morgan fingerprint density at radius 1 is 1.25 bits per heavy atom. The molecule has 0 spiro atoms. The highest BCUT2D eigenvalue weighted by molar-refractivity contribution is 5.74. The van der Waals surface area contributed by atoms with E-state index >= 15 is 0 Å². The average molecular weight is 276 g/mol. The first kappa shape index (κ1) is 14.9. The van der Waals surface area contributed by atoms with E-state index in [0.717, 1.165) is 24.2 Å². The predicted octanol–water partition coefficient (Wildman–Crippen LogP) is 3.62. The molecule has 1 aromatic rings. The van der Waals surface area contributed by atoms with Gasteiger partial charge in [0.25, 0.3) is 0 Å². The number of fused-ring (bicyclic) bond motifs is 1. The molecule has 0 aliphatic heterocycles. The number of hydrogen-bond donors (Lipinski definition) is 1. The van der Waals surface area contributed by atoms with Crippen molar-refractivity contribution in [2.75, 3.05) is 7.11 Å². The molecule has 3 heteroatoms. The second kappa shape index (κ2) is 5.86. The van der Waals surface area contributed by atoms with Crippen molar-refractivity contribution in [2.24, 2.45) is 5.41 Å². The van der Waals surface area contributed by atoms with E-state index in [1.807, 2.05) is 6.07 Å². The van der Waals surface area contributed by atoms with Gasteiger partial charge in [-0.15, -0.1) is 0 Å². The van der Waals surface area contributed by atoms with Gasteiger partial charge >= 0.3 is 5.97 Å². The molecule has 0 amide bonds. The van der Waals surface area contributed by atoms with Gasteiger partial charge in [-0.05, 0) is 68.7 Å². The Kier molecular flexibility index (Phi) is 4.36. The normalized spacial score (nSPS) is 15.3. The van der Waals surface area contributed by atoms with E-state index in [1.165, 1.54) is 30.4 Å². The van der Waals surface area contributed by atoms with Crippen LogP contribution in [0.25, 0.3) is 0 Å². The third kappa shape index (κ3) is 2.97. The molecule has 2 rings (SSSR count). The first-order chi connectivity index (χ1) is 9.45. The quantitative estimate of drug-likeness (QED) is 0.854. The Bertz CT molecular complexity index is 503. The van der Waals surface area contributed by atoms with Crippen LogP contribution in [0.1, 0.15) is 49.8 Å². The van der Waals surface area contributed by atoms with Gasteiger partial charge in [0.1, 0.15) is 5.75 Å². The van der Waals surface area contributed by atoms with Crippen molar-refractivity contribution in [3.8, 4) is 5.75 Å². The van der Waals surface area contributed by atoms with E-state index in [4.69, 9.17) is 4.74 Å². The summed E-state index contributed by atoms with van der Waals surface area (Å²) in [5.74, 6) is 0.0748. The summed E-state index contributed by atoms with van der Waals surface area (Å²) in [6.07, 6.45) is 6.31. The summed E-state index contributed by atoms with van der Waals surface area (Å²) < 4.78 is 5.48. The van der Waals surface area contributed by atoms with Crippen LogP contribution in [0.2, 0.25) is 0 Å². The molecule has 0 unspecified atom stereocenters. The average Bonchev–Trinajstić information content (AvgIpc) is 2.64. The number of hydrogen-bond acceptors (Lipinski definition) is 2. The summed E-state index contributed by atoms with van der Waals surface area (Å²) in [4.78, 5) is 11.4. The standard InChI is InChI=1S/C17H24O3/c1-17(2,16(18)19)11-14-13-8-6-4-5-7-12(13)9-10-15(14)20-3/h9-10H,4-8,11H2,1-3H3,(H,18,19). The van der Waals surface area contributed by atoms with Crippen molar-refractivity contribution in [1.29, 1.82) is 0 Å². The van der Waals surface area contributed by atoms with Gasteiger partial charge < -0.3 is 9.84 Å². The van der Waals surface area contributed by atoms with Gasteiger partial charge in [0.05, 0.1) is 12.5 Å². The van der Waals surface area contributed by atoms with Gasteiger partial charge in [-0.1, -0.05) is 12.5 Å². The van der Waals surface area contributed by atoms with Crippen LogP contribution in [0.15, 0.2) is 12.1 Å². The summed E-state index contributed by atoms with van der Waals surface area (Å²) in [7, 11) is 1.66. The van der Waals surface area contributed by atoms with Crippen LogP contribution in [-0.4, -0.2) is 18.2 Å². The Morgan fingerprint density at radius 2 is 1.95 bits per heavy atom. The fourth-order valence-electron chi connectivity index (χ4n) is 2.96. The van der Waals surface area contributed by atoms with Gasteiger partial charge in [-0.2, -0.15) is 0 Å². The van der Waals surface area contributed by atoms with Crippen molar-refractivity contribution in [3.63, 3.8) is 0 Å². The van der Waals surface area contributed by atoms with Crippen LogP contribution in [0.3, 0.4) is 0 Å². The minimum Gasteiger partial charge on any atom is -0.496 e. The summed E-state index contributed by atoms with van der Waals surface area (Å²) in [6, 6.07) is 4.15. The molecule has 1 aromatic carbocycles. The molecule has 0 fully saturated rings. The Hall–Kier alpha value is -1.51. The molecule has 0 saturated carbocycles. The largest absolute Gasteiger partial charge is 0.496 e. The van der Waals surface area contributed by atoms with Crippen molar-refractivity contribution in [1.82, 2.24) is 0 Å². The van der Waals surface area contributed by atoms with Gasteiger partial charge in [-0.25, -0.2) is 0 Å². The SMILES string of the molecule is COc1ccc2c(c1CC(C)(C)C(=O)O)CCCCC2. The van der Waals surface area contributed by atoms with Gasteiger partial charge in [-0.3, -0.25) is 4.79 Å². The number of ether oxygens (including phenoxy) is 1. The monoisotopic (exact) mass is 276 g/mol. The lowest BCUT2D eigenvalue weighted by Gasteiger charge is -2.24. The van der Waals surface area contributed by atoms with Crippen LogP contribution in [0.4, 0.5) is 0 Å². The molecule has 20 heavy (non-hydrogen) atoms. The lowest BCUT2D eigenvalue weighted by Crippen LogP contribution is -2.27. The zero-order valence-electron chi connectivity index (χ0n) is 12.7. The van der Waals surface area contributed by atoms with E-state index in [0.29, 0.717) is 6.42 Å². The highest BCUT2D eigenvalue weighted by atomic mass is 16.5. The number of carboxylic acids is 1. The minimum atomic E-state index is -0.769. The molecule has 110 valence electrons. The van der Waals surface area contributed by atoms with E-state index < -0.39 is 11.4 Å². The highest BCUT2D eigenvalue weighted by Gasteiger charge is 2.30. The molecule has 0 radical (unpaired) electrons. The lowest BCUT2D eigenvalue weighted by atomic mass is 9.82. The van der Waals surface area contributed by atoms with Crippen LogP contribution >= 0.6 is 0 Å². The minimum absolute atomic E-state index is 0.522. The summed E-state index contributed by atoms with van der Waals surface area (Å²) >= 11 is 0. The number of carbonyl (C=O) groups is 1. The molecule has 0 saturated heterocycles. The Balaban J connectivity index is 2.46. The predicted molar refractivity (Wildman–Crippen MR) is 79.4 cm³/mol. The van der Waals surface area contributed by atoms with E-state index in [9.17, 15) is 9.90 Å². The van der Waals surface area contributed by atoms with Crippen molar-refractivity contribution in [3.05, 3.63) is 28.8 Å². The summed E-state index contributed by atoms with van der Waals surface area (Å²) in [6.45, 7) is 3.57. The van der Waals surface area contributed by atoms with Crippen molar-refractivity contribution >= 4 is 5.97 Å². The van der Waals surface area contributed by atoms with E-state index in [-0.39, 0.29) is 0 Å². The van der Waals surface area contributed by atoms with E-state index in [1.54, 1.807) is 21.0 Å². The molecule has 0 heterocycles. The Morgan fingerprint density at radius 3 is 2.60 bits per heavy atom. The van der Waals surface area contributed by atoms with Crippen LogP contribution in [0, 0.1) is 5.41 Å². The van der Waals surface area contributed by atoms with Crippen LogP contribution in [-0.2, 0) is 24.1 Å². The molecule has 1 aliphatic carbocycles. The highest BCUT2D eigenvalue weighted by Crippen LogP contribution is 2.35. The summed E-state index contributed by atoms with van der Waals surface area (Å²) in [5, 5.41) is 9.38. The van der Waals surface area contributed by atoms with Crippen LogP contribution < -0.4 is 4.74 Å². The molecule has 1 N–H and O–H groups in total. The number of aryl methyl sites for hydroxylation is 1. The molecular weight excluding hydrogens is 252 g/mol. The zero-order chi connectivity index (χ0) is 14.8. The molecule has 1 aliphatic rings.